The molecule has 0 N–H and O–H groups in total. The van der Waals surface area contributed by atoms with Crippen LogP contribution in [-0.4, -0.2) is 73.7 Å². The molecule has 0 saturated carbocycles. The molecule has 2 aromatic rings. The number of cyclic esters (lactones) is 1. The minimum absolute atomic E-state index is 0.0603. The lowest BCUT2D eigenvalue weighted by Gasteiger charge is -2.36. The van der Waals surface area contributed by atoms with Crippen LogP contribution in [0, 0.1) is 13.8 Å². The Balaban J connectivity index is 1.38. The van der Waals surface area contributed by atoms with Gasteiger partial charge in [0, 0.05) is 51.0 Å². The summed E-state index contributed by atoms with van der Waals surface area (Å²) >= 11 is 0. The Morgan fingerprint density at radius 1 is 0.971 bits per heavy atom. The van der Waals surface area contributed by atoms with Crippen LogP contribution in [0.15, 0.2) is 30.5 Å². The second kappa shape index (κ2) is 8.96. The van der Waals surface area contributed by atoms with Crippen LogP contribution in [0.1, 0.15) is 34.3 Å². The Kier molecular flexibility index (Phi) is 5.85. The van der Waals surface area contributed by atoms with E-state index in [0.717, 1.165) is 23.4 Å². The van der Waals surface area contributed by atoms with Gasteiger partial charge in [0.2, 0.25) is 5.91 Å². The largest absolute Gasteiger partial charge is 0.447 e. The Hall–Kier alpha value is -3.62. The Labute approximate surface area is 198 Å². The van der Waals surface area contributed by atoms with Crippen molar-refractivity contribution in [3.05, 3.63) is 47.2 Å². The van der Waals surface area contributed by atoms with Gasteiger partial charge >= 0.3 is 6.09 Å². The number of piperazine rings is 1. The fourth-order valence-electron chi connectivity index (χ4n) is 4.96. The van der Waals surface area contributed by atoms with Crippen molar-refractivity contribution in [1.29, 1.82) is 0 Å². The number of hydrogen-bond acceptors (Lipinski definition) is 6. The summed E-state index contributed by atoms with van der Waals surface area (Å²) in [5, 5.41) is 0. The molecule has 1 aromatic carbocycles. The molecule has 3 amide bonds. The predicted molar refractivity (Wildman–Crippen MR) is 129 cm³/mol. The Morgan fingerprint density at radius 3 is 2.41 bits per heavy atom. The summed E-state index contributed by atoms with van der Waals surface area (Å²) in [4.78, 5) is 50.0. The summed E-state index contributed by atoms with van der Waals surface area (Å²) in [6.45, 7) is 7.87. The van der Waals surface area contributed by atoms with Gasteiger partial charge in [0.1, 0.15) is 12.4 Å². The topological polar surface area (TPSA) is 86.3 Å². The zero-order valence-electron chi connectivity index (χ0n) is 19.6. The molecule has 3 aliphatic heterocycles. The van der Waals surface area contributed by atoms with Gasteiger partial charge in [0.25, 0.3) is 5.91 Å². The Bertz CT molecular complexity index is 1140. The summed E-state index contributed by atoms with van der Waals surface area (Å²) < 4.78 is 5.14. The number of hydrogen-bond donors (Lipinski definition) is 0. The number of anilines is 3. The number of aromatic nitrogens is 1. The molecule has 0 unspecified atom stereocenters. The van der Waals surface area contributed by atoms with E-state index in [0.29, 0.717) is 62.6 Å². The molecule has 0 spiro atoms. The minimum Gasteiger partial charge on any atom is -0.447 e. The van der Waals surface area contributed by atoms with Gasteiger partial charge in [-0.2, -0.15) is 0 Å². The summed E-state index contributed by atoms with van der Waals surface area (Å²) in [5.41, 5.74) is 3.92. The van der Waals surface area contributed by atoms with Gasteiger partial charge in [-0.05, 0) is 49.6 Å². The number of benzene rings is 1. The smallest absolute Gasteiger partial charge is 0.414 e. The van der Waals surface area contributed by atoms with E-state index in [4.69, 9.17) is 4.74 Å². The molecule has 0 radical (unpaired) electrons. The molecule has 1 aromatic heterocycles. The first-order valence-electron chi connectivity index (χ1n) is 11.8. The number of carbonyl (C=O) groups excluding carboxylic acids is 3. The van der Waals surface area contributed by atoms with E-state index < -0.39 is 6.09 Å². The molecule has 3 saturated heterocycles. The summed E-state index contributed by atoms with van der Waals surface area (Å²) in [5.74, 6) is 0.894. The molecular formula is C25H29N5O4. The maximum absolute atomic E-state index is 13.6. The number of amides is 3. The summed E-state index contributed by atoms with van der Waals surface area (Å²) in [7, 11) is 0. The van der Waals surface area contributed by atoms with Crippen molar-refractivity contribution in [2.75, 3.05) is 60.6 Å². The highest BCUT2D eigenvalue weighted by molar-refractivity contribution is 6.06. The van der Waals surface area contributed by atoms with Crippen LogP contribution in [0.3, 0.4) is 0 Å². The monoisotopic (exact) mass is 463 g/mol. The molecule has 34 heavy (non-hydrogen) atoms. The van der Waals surface area contributed by atoms with Gasteiger partial charge in [0.05, 0.1) is 17.8 Å². The van der Waals surface area contributed by atoms with E-state index in [1.54, 1.807) is 23.1 Å². The summed E-state index contributed by atoms with van der Waals surface area (Å²) in [6, 6.07) is 7.44. The van der Waals surface area contributed by atoms with Gasteiger partial charge in [0.15, 0.2) is 0 Å². The van der Waals surface area contributed by atoms with Crippen LogP contribution < -0.4 is 14.7 Å². The van der Waals surface area contributed by atoms with Crippen molar-refractivity contribution in [3.63, 3.8) is 0 Å². The molecule has 0 atom stereocenters. The standard InChI is InChI=1S/C25H29N5O4/c1-17-14-18(2)23(26-16-17)27-8-10-28(11-9-27)24(32)20-6-5-19(29-7-3-4-22(29)31)15-21(20)30-12-13-34-25(30)33/h5-6,14-16H,3-4,7-13H2,1-2H3. The normalized spacial score (nSPS) is 18.6. The van der Waals surface area contributed by atoms with Crippen LogP contribution in [0.4, 0.5) is 22.0 Å². The van der Waals surface area contributed by atoms with Gasteiger partial charge in [-0.15, -0.1) is 0 Å². The highest BCUT2D eigenvalue weighted by Crippen LogP contribution is 2.32. The number of ether oxygens (including phenoxy) is 1. The van der Waals surface area contributed by atoms with Gasteiger partial charge in [-0.25, -0.2) is 9.78 Å². The van der Waals surface area contributed by atoms with E-state index >= 15 is 0 Å². The molecule has 9 heteroatoms. The quantitative estimate of drug-likeness (QED) is 0.693. The molecule has 0 aliphatic carbocycles. The highest BCUT2D eigenvalue weighted by Gasteiger charge is 2.32. The fraction of sp³-hybridized carbons (Fsp3) is 0.440. The molecule has 3 fully saturated rings. The summed E-state index contributed by atoms with van der Waals surface area (Å²) in [6.07, 6.45) is 2.72. The van der Waals surface area contributed by atoms with Crippen LogP contribution in [0.2, 0.25) is 0 Å². The second-order valence-electron chi connectivity index (χ2n) is 9.05. The van der Waals surface area contributed by atoms with Crippen LogP contribution in [0.5, 0.6) is 0 Å². The number of aryl methyl sites for hydroxylation is 2. The first-order chi connectivity index (χ1) is 16.4. The van der Waals surface area contributed by atoms with Crippen LogP contribution >= 0.6 is 0 Å². The first kappa shape index (κ1) is 22.2. The lowest BCUT2D eigenvalue weighted by atomic mass is 10.1. The Morgan fingerprint density at radius 2 is 1.76 bits per heavy atom. The highest BCUT2D eigenvalue weighted by atomic mass is 16.6. The van der Waals surface area contributed by atoms with Crippen molar-refractivity contribution in [2.24, 2.45) is 0 Å². The van der Waals surface area contributed by atoms with Gasteiger partial charge in [-0.1, -0.05) is 6.07 Å². The van der Waals surface area contributed by atoms with Crippen molar-refractivity contribution < 1.29 is 19.1 Å². The third-order valence-electron chi connectivity index (χ3n) is 6.70. The van der Waals surface area contributed by atoms with E-state index in [9.17, 15) is 14.4 Å². The zero-order chi connectivity index (χ0) is 23.8. The molecule has 0 bridgehead atoms. The number of carbonyl (C=O) groups is 3. The molecule has 5 rings (SSSR count). The second-order valence-corrected chi connectivity index (χ2v) is 9.05. The average Bonchev–Trinajstić information content (AvgIpc) is 3.46. The van der Waals surface area contributed by atoms with E-state index in [1.165, 1.54) is 4.90 Å². The predicted octanol–water partition coefficient (Wildman–Crippen LogP) is 2.74. The van der Waals surface area contributed by atoms with Crippen LogP contribution in [-0.2, 0) is 9.53 Å². The maximum atomic E-state index is 13.6. The molecular weight excluding hydrogens is 434 g/mol. The number of nitrogens with zero attached hydrogens (tertiary/aromatic N) is 5. The van der Waals surface area contributed by atoms with Crippen LogP contribution in [0.25, 0.3) is 0 Å². The number of rotatable bonds is 4. The fourth-order valence-corrected chi connectivity index (χ4v) is 4.96. The van der Waals surface area contributed by atoms with Gasteiger partial charge in [-0.3, -0.25) is 14.5 Å². The van der Waals surface area contributed by atoms with E-state index in [-0.39, 0.29) is 18.4 Å². The lowest BCUT2D eigenvalue weighted by molar-refractivity contribution is -0.117. The SMILES string of the molecule is Cc1cnc(N2CCN(C(=O)c3ccc(N4CCCC4=O)cc3N3CCOC3=O)CC2)c(C)c1. The van der Waals surface area contributed by atoms with Gasteiger partial charge < -0.3 is 19.4 Å². The minimum atomic E-state index is -0.468. The van der Waals surface area contributed by atoms with E-state index in [2.05, 4.69) is 22.9 Å². The third kappa shape index (κ3) is 4.06. The van der Waals surface area contributed by atoms with Crippen molar-refractivity contribution >= 4 is 35.1 Å². The maximum Gasteiger partial charge on any atom is 0.414 e. The average molecular weight is 464 g/mol. The molecule has 3 aliphatic rings. The number of pyridine rings is 1. The first-order valence-corrected chi connectivity index (χ1v) is 11.8. The van der Waals surface area contributed by atoms with E-state index in [1.807, 2.05) is 18.0 Å². The molecule has 4 heterocycles. The zero-order valence-corrected chi connectivity index (χ0v) is 19.6. The van der Waals surface area contributed by atoms with Crippen molar-refractivity contribution in [3.8, 4) is 0 Å². The van der Waals surface area contributed by atoms with Crippen molar-refractivity contribution in [2.45, 2.75) is 26.7 Å². The molecule has 9 nitrogen and oxygen atoms in total. The lowest BCUT2D eigenvalue weighted by Crippen LogP contribution is -2.49. The van der Waals surface area contributed by atoms with Crippen molar-refractivity contribution in [1.82, 2.24) is 9.88 Å². The molecule has 178 valence electrons. The third-order valence-corrected chi connectivity index (χ3v) is 6.70.